The monoisotopic (exact) mass is 418 g/mol. The van der Waals surface area contributed by atoms with Gasteiger partial charge < -0.3 is 14.8 Å². The number of furan rings is 1. The minimum absolute atomic E-state index is 0.0932. The normalized spacial score (nSPS) is 12.4. The molecule has 1 unspecified atom stereocenters. The van der Waals surface area contributed by atoms with E-state index >= 15 is 0 Å². The second-order valence-electron chi connectivity index (χ2n) is 6.06. The van der Waals surface area contributed by atoms with Crippen LogP contribution in [0.4, 0.5) is 0 Å². The molecule has 0 aliphatic heterocycles. The van der Waals surface area contributed by atoms with Crippen molar-refractivity contribution in [3.8, 4) is 0 Å². The molecule has 2 N–H and O–H groups in total. The fraction of sp³-hybridized carbons (Fsp3) is 0.111. The number of nitrogens with one attached hydrogen (secondary N) is 1. The summed E-state index contributed by atoms with van der Waals surface area (Å²) in [5, 5.41) is 17.0. The van der Waals surface area contributed by atoms with Crippen molar-refractivity contribution in [2.45, 2.75) is 13.0 Å². The average molecular weight is 419 g/mol. The molecule has 8 nitrogen and oxygen atoms in total. The summed E-state index contributed by atoms with van der Waals surface area (Å²) in [6.07, 6.45) is 4.65. The van der Waals surface area contributed by atoms with Crippen molar-refractivity contribution in [2.75, 3.05) is 0 Å². The van der Waals surface area contributed by atoms with E-state index in [1.807, 2.05) is 0 Å². The zero-order chi connectivity index (χ0) is 20.0. The molecule has 0 aliphatic rings. The van der Waals surface area contributed by atoms with Crippen LogP contribution in [0.25, 0.3) is 16.6 Å². The van der Waals surface area contributed by atoms with Crippen LogP contribution in [-0.2, 0) is 0 Å². The molecule has 142 valence electrons. The Morgan fingerprint density at radius 2 is 2.07 bits per heavy atom. The molecule has 1 atom stereocenters. The molecule has 0 spiro atoms. The molecule has 10 heteroatoms. The number of carbonyl (C=O) groups excluding carboxylic acids is 1. The molecule has 4 rings (SSSR count). The highest BCUT2D eigenvalue weighted by atomic mass is 35.5. The predicted molar refractivity (Wildman–Crippen MR) is 102 cm³/mol. The fourth-order valence-corrected chi connectivity index (χ4v) is 3.48. The SMILES string of the molecule is CC(NC(=O)c1cnn2cccnc12)c1oc2c(C(=O)O)cc(Cl)cc2c1Cl. The number of hydrogen-bond donors (Lipinski definition) is 2. The van der Waals surface area contributed by atoms with Crippen molar-refractivity contribution in [3.63, 3.8) is 0 Å². The van der Waals surface area contributed by atoms with Crippen molar-refractivity contribution in [1.82, 2.24) is 19.9 Å². The molecule has 1 aromatic carbocycles. The van der Waals surface area contributed by atoms with Crippen LogP contribution in [0.5, 0.6) is 0 Å². The summed E-state index contributed by atoms with van der Waals surface area (Å²) in [6.45, 7) is 1.67. The van der Waals surface area contributed by atoms with Gasteiger partial charge >= 0.3 is 5.97 Å². The van der Waals surface area contributed by atoms with Crippen molar-refractivity contribution in [3.05, 3.63) is 63.7 Å². The number of nitrogens with zero attached hydrogens (tertiary/aromatic N) is 3. The van der Waals surface area contributed by atoms with Crippen LogP contribution in [-0.4, -0.2) is 31.6 Å². The number of rotatable bonds is 4. The lowest BCUT2D eigenvalue weighted by Gasteiger charge is -2.11. The van der Waals surface area contributed by atoms with Crippen LogP contribution in [0.15, 0.2) is 41.2 Å². The number of aromatic carboxylic acids is 1. The maximum Gasteiger partial charge on any atom is 0.339 e. The van der Waals surface area contributed by atoms with E-state index < -0.39 is 17.9 Å². The van der Waals surface area contributed by atoms with Gasteiger partial charge in [-0.2, -0.15) is 5.10 Å². The Morgan fingerprint density at radius 1 is 1.29 bits per heavy atom. The smallest absolute Gasteiger partial charge is 0.339 e. The van der Waals surface area contributed by atoms with Crippen molar-refractivity contribution < 1.29 is 19.1 Å². The van der Waals surface area contributed by atoms with Gasteiger partial charge in [0.15, 0.2) is 11.2 Å². The number of carboxylic acids is 1. The molecule has 3 heterocycles. The number of carbonyl (C=O) groups is 2. The van der Waals surface area contributed by atoms with E-state index in [9.17, 15) is 14.7 Å². The first-order chi connectivity index (χ1) is 13.4. The third kappa shape index (κ3) is 2.96. The Morgan fingerprint density at radius 3 is 2.82 bits per heavy atom. The van der Waals surface area contributed by atoms with Crippen molar-refractivity contribution in [1.29, 1.82) is 0 Å². The summed E-state index contributed by atoms with van der Waals surface area (Å²) in [4.78, 5) is 28.3. The van der Waals surface area contributed by atoms with E-state index in [0.717, 1.165) is 0 Å². The zero-order valence-corrected chi connectivity index (χ0v) is 15.8. The number of fused-ring (bicyclic) bond motifs is 2. The number of hydrogen-bond acceptors (Lipinski definition) is 5. The van der Waals surface area contributed by atoms with Crippen molar-refractivity contribution >= 4 is 51.7 Å². The van der Waals surface area contributed by atoms with Crippen LogP contribution in [0.1, 0.15) is 39.4 Å². The lowest BCUT2D eigenvalue weighted by atomic mass is 10.1. The Hall–Kier alpha value is -3.10. The molecule has 0 fully saturated rings. The van der Waals surface area contributed by atoms with Crippen LogP contribution >= 0.6 is 23.2 Å². The second-order valence-corrected chi connectivity index (χ2v) is 6.87. The Kier molecular flexibility index (Phi) is 4.44. The average Bonchev–Trinajstić information content (AvgIpc) is 3.23. The molecule has 0 radical (unpaired) electrons. The predicted octanol–water partition coefficient (Wildman–Crippen LogP) is 3.97. The van der Waals surface area contributed by atoms with Crippen molar-refractivity contribution in [2.24, 2.45) is 0 Å². The zero-order valence-electron chi connectivity index (χ0n) is 14.3. The van der Waals surface area contributed by atoms with E-state index in [1.165, 1.54) is 22.8 Å². The second kappa shape index (κ2) is 6.81. The molecule has 4 aromatic rings. The van der Waals surface area contributed by atoms with E-state index in [1.54, 1.807) is 25.4 Å². The largest absolute Gasteiger partial charge is 0.478 e. The third-order valence-electron chi connectivity index (χ3n) is 4.21. The van der Waals surface area contributed by atoms with Gasteiger partial charge in [0.25, 0.3) is 5.91 Å². The molecule has 0 aliphatic carbocycles. The number of halogens is 2. The van der Waals surface area contributed by atoms with Gasteiger partial charge in [0, 0.05) is 22.8 Å². The number of carboxylic acid groups (broad SMARTS) is 1. The number of benzene rings is 1. The lowest BCUT2D eigenvalue weighted by Crippen LogP contribution is -2.26. The number of aromatic nitrogens is 3. The Bertz CT molecular complexity index is 1250. The summed E-state index contributed by atoms with van der Waals surface area (Å²) >= 11 is 12.4. The maximum absolute atomic E-state index is 12.7. The summed E-state index contributed by atoms with van der Waals surface area (Å²) < 4.78 is 7.17. The van der Waals surface area contributed by atoms with Gasteiger partial charge in [0.2, 0.25) is 0 Å². The molecular formula is C18H12Cl2N4O4. The van der Waals surface area contributed by atoms with E-state index in [-0.39, 0.29) is 32.5 Å². The van der Waals surface area contributed by atoms with Gasteiger partial charge in [-0.1, -0.05) is 23.2 Å². The van der Waals surface area contributed by atoms with E-state index in [0.29, 0.717) is 11.0 Å². The summed E-state index contributed by atoms with van der Waals surface area (Å²) in [7, 11) is 0. The molecule has 0 saturated heterocycles. The first-order valence-electron chi connectivity index (χ1n) is 8.10. The molecule has 0 saturated carbocycles. The van der Waals surface area contributed by atoms with Gasteiger partial charge in [0.1, 0.15) is 16.9 Å². The van der Waals surface area contributed by atoms with Gasteiger partial charge in [-0.25, -0.2) is 14.3 Å². The summed E-state index contributed by atoms with van der Waals surface area (Å²) in [5.74, 6) is -1.40. The van der Waals surface area contributed by atoms with Crippen LogP contribution < -0.4 is 5.32 Å². The minimum atomic E-state index is -1.20. The highest BCUT2D eigenvalue weighted by molar-refractivity contribution is 6.38. The lowest BCUT2D eigenvalue weighted by molar-refractivity contribution is 0.0697. The van der Waals surface area contributed by atoms with Gasteiger partial charge in [-0.3, -0.25) is 4.79 Å². The quantitative estimate of drug-likeness (QED) is 0.518. The fourth-order valence-electron chi connectivity index (χ4n) is 2.92. The Labute approximate surface area is 167 Å². The minimum Gasteiger partial charge on any atom is -0.478 e. The van der Waals surface area contributed by atoms with Crippen LogP contribution in [0.2, 0.25) is 10.0 Å². The highest BCUT2D eigenvalue weighted by Crippen LogP contribution is 2.37. The molecule has 0 bridgehead atoms. The Balaban J connectivity index is 1.70. The third-order valence-corrected chi connectivity index (χ3v) is 4.82. The van der Waals surface area contributed by atoms with Crippen LogP contribution in [0, 0.1) is 0 Å². The molecular weight excluding hydrogens is 407 g/mol. The maximum atomic E-state index is 12.7. The summed E-state index contributed by atoms with van der Waals surface area (Å²) in [6, 6.07) is 3.85. The van der Waals surface area contributed by atoms with E-state index in [4.69, 9.17) is 27.6 Å². The number of amides is 1. The van der Waals surface area contributed by atoms with Gasteiger partial charge in [-0.05, 0) is 25.1 Å². The topological polar surface area (TPSA) is 110 Å². The van der Waals surface area contributed by atoms with E-state index in [2.05, 4.69) is 15.4 Å². The van der Waals surface area contributed by atoms with Gasteiger partial charge in [-0.15, -0.1) is 0 Å². The standard InChI is InChI=1S/C18H12Cl2N4O4/c1-8(23-17(25)12-7-22-24-4-2-3-21-16(12)24)14-13(20)10-5-9(19)6-11(18(26)27)15(10)28-14/h2-8H,1H3,(H,23,25)(H,26,27). The van der Waals surface area contributed by atoms with Crippen LogP contribution in [0.3, 0.4) is 0 Å². The summed E-state index contributed by atoms with van der Waals surface area (Å²) in [5.41, 5.74) is 0.674. The molecule has 28 heavy (non-hydrogen) atoms. The highest BCUT2D eigenvalue weighted by Gasteiger charge is 2.25. The molecule has 1 amide bonds. The first-order valence-corrected chi connectivity index (χ1v) is 8.86. The first kappa shape index (κ1) is 18.3. The molecule has 3 aromatic heterocycles. The van der Waals surface area contributed by atoms with Gasteiger partial charge in [0.05, 0.1) is 17.3 Å².